The Labute approximate surface area is 872 Å². The van der Waals surface area contributed by atoms with Gasteiger partial charge in [0.25, 0.3) is 0 Å². The molecule has 0 bridgehead atoms. The molecule has 0 radical (unpaired) electrons. The SMILES string of the molecule is CCCCCCCCCCCCCCCC(=O)OCC(CSC[C@H](NC(=O)OC(C)(C)C)C(=O)N[C@@H](CO)C(=O)N[C@@H](CCCCNC(=O)OC(C)(C)C)C(=O)N[C@@H](CCCCNC(=O)OC(C)(C)C)C(=O)N[C@@H](CCCCNC(=O)OC(C)(C)C)C(=O)N[C@@H](CCCCNC(=O)OC(C)(C)C)C(=O)Nc1ccc(Cn2c(=O)[nH]c3c(N)nc(NCCCC)nc32)cc1)OC(=O)CCCCCCCCCCCCCCC. The van der Waals surface area contributed by atoms with Crippen LogP contribution in [0.1, 0.15) is 400 Å². The van der Waals surface area contributed by atoms with Gasteiger partial charge in [0.15, 0.2) is 11.5 Å². The summed E-state index contributed by atoms with van der Waals surface area (Å²) in [5.74, 6) is -6.48. The summed E-state index contributed by atoms with van der Waals surface area (Å²) >= 11 is 1.07. The number of nitrogen functional groups attached to an aromatic ring is 1. The molecule has 3 rings (SSSR count). The Kier molecular flexibility index (Phi) is 64.0. The molecule has 0 saturated heterocycles. The van der Waals surface area contributed by atoms with E-state index in [0.717, 1.165) is 76.0 Å². The van der Waals surface area contributed by atoms with Crippen LogP contribution in [0.3, 0.4) is 0 Å². The lowest BCUT2D eigenvalue weighted by Gasteiger charge is -2.28. The number of aliphatic hydroxyl groups excluding tert-OH is 1. The highest BCUT2D eigenvalue weighted by Gasteiger charge is 2.36. The number of carbonyl (C=O) groups is 13. The maximum atomic E-state index is 15.5. The van der Waals surface area contributed by atoms with E-state index >= 15 is 14.4 Å². The van der Waals surface area contributed by atoms with Crippen molar-refractivity contribution >= 4 is 118 Å². The highest BCUT2D eigenvalue weighted by atomic mass is 32.2. The Balaban J connectivity index is 2.12. The largest absolute Gasteiger partial charge is 0.462 e. The number of alkyl carbamates (subject to hydrolysis) is 5. The molecule has 0 aliphatic carbocycles. The number of nitrogens with zero attached hydrogens (tertiary/aromatic N) is 3. The van der Waals surface area contributed by atoms with Crippen molar-refractivity contribution in [3.8, 4) is 0 Å². The van der Waals surface area contributed by atoms with Gasteiger partial charge in [0.2, 0.25) is 41.4 Å². The molecule has 0 spiro atoms. The molecule has 832 valence electrons. The molecule has 1 unspecified atom stereocenters. The molecule has 1 aromatic carbocycles. The molecular formula is C106H185N17O22S. The minimum Gasteiger partial charge on any atom is -0.462 e. The number of unbranched alkanes of at least 4 members (excludes halogenated alkanes) is 29. The lowest BCUT2D eigenvalue weighted by atomic mass is 10.0. The van der Waals surface area contributed by atoms with Crippen molar-refractivity contribution < 1.29 is 101 Å². The highest BCUT2D eigenvalue weighted by Crippen LogP contribution is 2.24. The summed E-state index contributed by atoms with van der Waals surface area (Å²) in [5, 5.41) is 44.1. The number of esters is 2. The number of hydrogen-bond donors (Lipinski definition) is 15. The van der Waals surface area contributed by atoms with Gasteiger partial charge in [-0.1, -0.05) is 193 Å². The number of imidazole rings is 1. The Morgan fingerprint density at radius 3 is 1.09 bits per heavy atom. The van der Waals surface area contributed by atoms with E-state index in [4.69, 9.17) is 38.9 Å². The van der Waals surface area contributed by atoms with Gasteiger partial charge in [0.05, 0.1) is 13.2 Å². The molecule has 146 heavy (non-hydrogen) atoms. The molecule has 40 heteroatoms. The summed E-state index contributed by atoms with van der Waals surface area (Å²) in [4.78, 5) is 208. The van der Waals surface area contributed by atoms with Crippen LogP contribution in [0, 0.1) is 0 Å². The molecule has 0 saturated carbocycles. The van der Waals surface area contributed by atoms with Crippen LogP contribution in [0.4, 0.5) is 41.4 Å². The molecule has 11 amide bonds. The lowest BCUT2D eigenvalue weighted by Crippen LogP contribution is -2.60. The molecule has 0 aliphatic heterocycles. The lowest BCUT2D eigenvalue weighted by molar-refractivity contribution is -0.157. The van der Waals surface area contributed by atoms with Crippen LogP contribution in [-0.2, 0) is 78.1 Å². The van der Waals surface area contributed by atoms with E-state index < -0.39 is 161 Å². The number of hydrogen-bond acceptors (Lipinski definition) is 27. The zero-order valence-electron chi connectivity index (χ0n) is 91.5. The normalized spacial score (nSPS) is 13.2. The molecule has 39 nitrogen and oxygen atoms in total. The number of nitrogens with one attached hydrogen (secondary N) is 13. The number of aromatic amines is 1. The molecule has 16 N–H and O–H groups in total. The summed E-state index contributed by atoms with van der Waals surface area (Å²) < 4.78 is 40.6. The molecule has 0 aliphatic rings. The van der Waals surface area contributed by atoms with Crippen LogP contribution in [-0.4, -0.2) is 230 Å². The smallest absolute Gasteiger partial charge is 0.408 e. The molecule has 0 fully saturated rings. The fourth-order valence-corrected chi connectivity index (χ4v) is 16.5. The topological polar surface area (TPSA) is 541 Å². The summed E-state index contributed by atoms with van der Waals surface area (Å²) in [7, 11) is 0. The third-order valence-electron chi connectivity index (χ3n) is 23.0. The van der Waals surface area contributed by atoms with E-state index in [-0.39, 0.29) is 163 Å². The standard InChI is InChI=1S/C106H185N17O22S/c1-19-22-25-27-29-31-33-35-37-39-41-43-45-59-84(125)139-72-77(140-85(126)60-46-44-42-40-38-36-34-32-30-28-26-23-20-2)73-146-74-83(119-101(138)145-106(16,17)18)94(132)118-82(71-124)93(131)117-81(58-50-54-69-112-100(137)144-105(13,14)15)92(130)116-80(57-49-53-68-111-99(136)143-104(10,11)12)91(129)115-79(56-48-52-67-110-98(135)142-103(7,8)9)90(128)114-78(55-47-51-66-109-97(134)141-102(4,5)6)89(127)113-76-63-61-75(62-64-76)70-123-88-86(120-96(123)133)87(107)121-95(122-88)108-65-24-21-3/h61-64,77-83,124H,19-60,65-74H2,1-18H3,(H,109,134)(H,110,135)(H,111,136)(H,112,137)(H,113,127)(H,114,128)(H,115,129)(H,116,130)(H,117,131)(H,118,132)(H,119,138)(H,120,133)(H3,107,108,121,122)/t77?,78-,79-,80-,81-,82-,83-/m0/s1. The summed E-state index contributed by atoms with van der Waals surface area (Å²) in [6.07, 6.45) is 27.3. The number of rotatable bonds is 75. The minimum absolute atomic E-state index is 0.0250. The van der Waals surface area contributed by atoms with Gasteiger partial charge < -0.3 is 113 Å². The number of anilines is 3. The van der Waals surface area contributed by atoms with Gasteiger partial charge in [-0.15, -0.1) is 0 Å². The Hall–Kier alpha value is -10.4. The Morgan fingerprint density at radius 2 is 0.719 bits per heavy atom. The molecule has 7 atom stereocenters. The number of amides is 11. The first-order chi connectivity index (χ1) is 69.1. The number of fused-ring (bicyclic) bond motifs is 1. The van der Waals surface area contributed by atoms with Gasteiger partial charge >= 0.3 is 48.1 Å². The first-order valence-corrected chi connectivity index (χ1v) is 55.1. The molecular weight excluding hydrogens is 1900 g/mol. The number of aliphatic hydroxyl groups is 1. The zero-order valence-corrected chi connectivity index (χ0v) is 92.3. The number of carbonyl (C=O) groups excluding carboxylic acids is 13. The minimum atomic E-state index is -1.84. The van der Waals surface area contributed by atoms with E-state index in [9.17, 15) is 57.8 Å². The maximum Gasteiger partial charge on any atom is 0.408 e. The number of benzene rings is 1. The van der Waals surface area contributed by atoms with E-state index in [2.05, 4.69) is 92.6 Å². The first-order valence-electron chi connectivity index (χ1n) is 53.9. The molecule has 2 aromatic heterocycles. The quantitative estimate of drug-likeness (QED) is 0.0142. The van der Waals surface area contributed by atoms with Crippen molar-refractivity contribution in [3.63, 3.8) is 0 Å². The average molecular weight is 2080 g/mol. The molecule has 2 heterocycles. The van der Waals surface area contributed by atoms with Crippen LogP contribution in [0.2, 0.25) is 0 Å². The van der Waals surface area contributed by atoms with E-state index in [0.29, 0.717) is 31.4 Å². The van der Waals surface area contributed by atoms with Crippen LogP contribution < -0.4 is 75.2 Å². The Bertz CT molecular complexity index is 4390. The van der Waals surface area contributed by atoms with Crippen LogP contribution in [0.15, 0.2) is 29.1 Å². The van der Waals surface area contributed by atoms with Gasteiger partial charge in [0, 0.05) is 62.8 Å². The number of H-pyrrole nitrogens is 1. The van der Waals surface area contributed by atoms with Crippen LogP contribution in [0.25, 0.3) is 11.2 Å². The number of thioether (sulfide) groups is 1. The van der Waals surface area contributed by atoms with Crippen molar-refractivity contribution in [2.24, 2.45) is 0 Å². The van der Waals surface area contributed by atoms with Crippen molar-refractivity contribution in [1.82, 2.24) is 72.7 Å². The van der Waals surface area contributed by atoms with E-state index in [1.807, 2.05) is 6.92 Å². The fraction of sp³-hybridized carbons (Fsp3) is 0.774. The van der Waals surface area contributed by atoms with Crippen LogP contribution in [0.5, 0.6) is 0 Å². The highest BCUT2D eigenvalue weighted by molar-refractivity contribution is 7.99. The third-order valence-corrected chi connectivity index (χ3v) is 24.2. The van der Waals surface area contributed by atoms with Gasteiger partial charge in [-0.05, 0) is 218 Å². The van der Waals surface area contributed by atoms with Crippen molar-refractivity contribution in [2.75, 3.05) is 73.8 Å². The van der Waals surface area contributed by atoms with E-state index in [1.54, 1.807) is 128 Å². The summed E-state index contributed by atoms with van der Waals surface area (Å²) in [6, 6.07) is -2.80. The second-order valence-electron chi connectivity index (χ2n) is 42.8. The second-order valence-corrected chi connectivity index (χ2v) is 43.9. The maximum absolute atomic E-state index is 15.5. The van der Waals surface area contributed by atoms with Crippen molar-refractivity contribution in [1.29, 1.82) is 0 Å². The zero-order chi connectivity index (χ0) is 109. The van der Waals surface area contributed by atoms with Gasteiger partial charge in [-0.3, -0.25) is 42.9 Å². The average Bonchev–Trinajstić information content (AvgIpc) is 1.63. The fourth-order valence-electron chi connectivity index (χ4n) is 15.4. The van der Waals surface area contributed by atoms with E-state index in [1.165, 1.54) is 107 Å². The second kappa shape index (κ2) is 72.0. The summed E-state index contributed by atoms with van der Waals surface area (Å²) in [5.41, 5.74) is 2.80. The number of ether oxygens (including phenoxy) is 7. The van der Waals surface area contributed by atoms with Crippen molar-refractivity contribution in [2.45, 2.75) is 471 Å². The third kappa shape index (κ3) is 63.3. The first kappa shape index (κ1) is 130. The Morgan fingerprint density at radius 1 is 0.384 bits per heavy atom. The van der Waals surface area contributed by atoms with Gasteiger partial charge in [0.1, 0.15) is 82.5 Å². The van der Waals surface area contributed by atoms with Crippen LogP contribution >= 0.6 is 11.8 Å². The van der Waals surface area contributed by atoms with Gasteiger partial charge in [-0.25, -0.2) is 28.8 Å². The number of nitrogens with two attached hydrogens (primary N) is 1. The summed E-state index contributed by atoms with van der Waals surface area (Å²) in [6.45, 7) is 31.2. The monoisotopic (exact) mass is 2080 g/mol. The molecule has 3 aromatic rings. The van der Waals surface area contributed by atoms with Gasteiger partial charge in [-0.2, -0.15) is 21.7 Å². The predicted molar refractivity (Wildman–Crippen MR) is 571 cm³/mol. The predicted octanol–water partition coefficient (Wildman–Crippen LogP) is 17.1. The number of aromatic nitrogens is 4. The van der Waals surface area contributed by atoms with Crippen molar-refractivity contribution in [3.05, 3.63) is 40.3 Å².